The zero-order valence-corrected chi connectivity index (χ0v) is 13.0. The van der Waals surface area contributed by atoms with Crippen LogP contribution in [0.4, 0.5) is 10.1 Å². The van der Waals surface area contributed by atoms with Crippen molar-refractivity contribution in [2.24, 2.45) is 0 Å². The summed E-state index contributed by atoms with van der Waals surface area (Å²) in [7, 11) is 0. The molecule has 4 rings (SSSR count). The number of rotatable bonds is 2. The molecule has 0 radical (unpaired) electrons. The Morgan fingerprint density at radius 3 is 2.84 bits per heavy atom. The van der Waals surface area contributed by atoms with Gasteiger partial charge in [0.25, 0.3) is 11.2 Å². The summed E-state index contributed by atoms with van der Waals surface area (Å²) in [5.74, 6) is 0.194. The minimum Gasteiger partial charge on any atom is -0.292 e. The fourth-order valence-corrected chi connectivity index (χ4v) is 3.05. The van der Waals surface area contributed by atoms with Crippen molar-refractivity contribution in [2.45, 2.75) is 13.0 Å². The summed E-state index contributed by atoms with van der Waals surface area (Å²) >= 11 is 0. The second kappa shape index (κ2) is 5.62. The van der Waals surface area contributed by atoms with Gasteiger partial charge in [0.05, 0.1) is 15.8 Å². The summed E-state index contributed by atoms with van der Waals surface area (Å²) in [4.78, 5) is 27.5. The van der Waals surface area contributed by atoms with Crippen molar-refractivity contribution in [3.05, 3.63) is 80.1 Å². The molecular weight excluding hydrogens is 325 g/mol. The topological polar surface area (TPSA) is 78.0 Å². The van der Waals surface area contributed by atoms with Crippen LogP contribution < -0.4 is 5.56 Å². The molecule has 3 aromatic rings. The molecule has 0 atom stereocenters. The smallest absolute Gasteiger partial charge is 0.270 e. The van der Waals surface area contributed by atoms with Crippen molar-refractivity contribution in [1.29, 1.82) is 0 Å². The number of nitrogens with zero attached hydrogens (tertiary/aromatic N) is 3. The van der Waals surface area contributed by atoms with Gasteiger partial charge in [-0.15, -0.1) is 0 Å². The van der Waals surface area contributed by atoms with Gasteiger partial charge in [0, 0.05) is 18.7 Å². The van der Waals surface area contributed by atoms with E-state index in [4.69, 9.17) is 0 Å². The second-order valence-corrected chi connectivity index (χ2v) is 5.83. The van der Waals surface area contributed by atoms with Gasteiger partial charge in [-0.3, -0.25) is 19.5 Å². The number of halogens is 1. The highest BCUT2D eigenvalue weighted by Crippen LogP contribution is 2.28. The Hall–Kier alpha value is -3.35. The van der Waals surface area contributed by atoms with E-state index in [9.17, 15) is 19.3 Å². The predicted octanol–water partition coefficient (Wildman–Crippen LogP) is 3.39. The molecule has 7 heteroatoms. The summed E-state index contributed by atoms with van der Waals surface area (Å²) in [5, 5.41) is 11.1. The van der Waals surface area contributed by atoms with E-state index >= 15 is 0 Å². The molecule has 0 spiro atoms. The van der Waals surface area contributed by atoms with Crippen LogP contribution in [0.3, 0.4) is 0 Å². The first-order chi connectivity index (χ1) is 12.0. The zero-order valence-electron chi connectivity index (χ0n) is 13.0. The third-order valence-electron chi connectivity index (χ3n) is 4.23. The highest BCUT2D eigenvalue weighted by Gasteiger charge is 2.22. The third-order valence-corrected chi connectivity index (χ3v) is 4.23. The SMILES string of the molecule is O=c1c2cc([N+](=O)[O-])ccc2nc2n1CC/C2=C\c1cccc(F)c1. The molecule has 1 aromatic heterocycles. The van der Waals surface area contributed by atoms with Gasteiger partial charge in [-0.1, -0.05) is 12.1 Å². The van der Waals surface area contributed by atoms with E-state index in [1.807, 2.05) is 6.08 Å². The molecule has 25 heavy (non-hydrogen) atoms. The van der Waals surface area contributed by atoms with Gasteiger partial charge in [-0.25, -0.2) is 9.37 Å². The summed E-state index contributed by atoms with van der Waals surface area (Å²) in [5.41, 5.74) is 1.50. The monoisotopic (exact) mass is 337 g/mol. The Morgan fingerprint density at radius 2 is 2.08 bits per heavy atom. The van der Waals surface area contributed by atoms with E-state index in [1.54, 1.807) is 12.1 Å². The number of hydrogen-bond acceptors (Lipinski definition) is 4. The standard InChI is InChI=1S/C18H12FN3O3/c19-13-3-1-2-11(9-13)8-12-6-7-21-17(12)20-16-5-4-14(22(24)25)10-15(16)18(21)23/h1-5,8-10H,6-7H2/b12-8+. The van der Waals surface area contributed by atoms with Crippen molar-refractivity contribution in [3.8, 4) is 0 Å². The number of non-ortho nitro benzene ring substituents is 1. The van der Waals surface area contributed by atoms with E-state index in [1.165, 1.54) is 34.9 Å². The average Bonchev–Trinajstić information content (AvgIpc) is 2.98. The molecule has 0 saturated heterocycles. The minimum atomic E-state index is -0.536. The second-order valence-electron chi connectivity index (χ2n) is 5.83. The predicted molar refractivity (Wildman–Crippen MR) is 91.5 cm³/mol. The first-order valence-corrected chi connectivity index (χ1v) is 7.68. The van der Waals surface area contributed by atoms with Gasteiger partial charge in [0.15, 0.2) is 0 Å². The number of nitro groups is 1. The Morgan fingerprint density at radius 1 is 1.24 bits per heavy atom. The fraction of sp³-hybridized carbons (Fsp3) is 0.111. The van der Waals surface area contributed by atoms with E-state index in [2.05, 4.69) is 4.98 Å². The molecule has 0 aliphatic carbocycles. The van der Waals surface area contributed by atoms with Crippen LogP contribution in [0.25, 0.3) is 22.6 Å². The van der Waals surface area contributed by atoms with Crippen molar-refractivity contribution < 1.29 is 9.31 Å². The summed E-state index contributed by atoms with van der Waals surface area (Å²) < 4.78 is 14.9. The van der Waals surface area contributed by atoms with Crippen LogP contribution in [-0.2, 0) is 6.54 Å². The van der Waals surface area contributed by atoms with Gasteiger partial charge in [-0.2, -0.15) is 0 Å². The molecule has 0 fully saturated rings. The number of hydrogen-bond donors (Lipinski definition) is 0. The Labute approximate surface area is 141 Å². The zero-order chi connectivity index (χ0) is 17.6. The molecule has 2 aromatic carbocycles. The molecule has 2 heterocycles. The van der Waals surface area contributed by atoms with Gasteiger partial charge in [0.1, 0.15) is 11.6 Å². The highest BCUT2D eigenvalue weighted by atomic mass is 19.1. The Bertz CT molecular complexity index is 1120. The van der Waals surface area contributed by atoms with E-state index in [-0.39, 0.29) is 22.5 Å². The summed E-state index contributed by atoms with van der Waals surface area (Å²) in [6, 6.07) is 10.3. The summed E-state index contributed by atoms with van der Waals surface area (Å²) in [6.45, 7) is 0.445. The van der Waals surface area contributed by atoms with E-state index in [0.29, 0.717) is 29.9 Å². The van der Waals surface area contributed by atoms with Crippen molar-refractivity contribution in [2.75, 3.05) is 0 Å². The molecule has 0 amide bonds. The van der Waals surface area contributed by atoms with Crippen molar-refractivity contribution in [1.82, 2.24) is 9.55 Å². The van der Waals surface area contributed by atoms with Crippen LogP contribution in [0.15, 0.2) is 47.3 Å². The van der Waals surface area contributed by atoms with Crippen LogP contribution in [0.5, 0.6) is 0 Å². The lowest BCUT2D eigenvalue weighted by Gasteiger charge is -2.05. The van der Waals surface area contributed by atoms with Crippen LogP contribution in [0.2, 0.25) is 0 Å². The molecule has 0 saturated carbocycles. The first kappa shape index (κ1) is 15.2. The van der Waals surface area contributed by atoms with Gasteiger partial charge in [-0.05, 0) is 41.8 Å². The van der Waals surface area contributed by atoms with Gasteiger partial charge >= 0.3 is 0 Å². The first-order valence-electron chi connectivity index (χ1n) is 7.68. The largest absolute Gasteiger partial charge is 0.292 e. The average molecular weight is 337 g/mol. The minimum absolute atomic E-state index is 0.138. The number of nitro benzene ring substituents is 1. The lowest BCUT2D eigenvalue weighted by Crippen LogP contribution is -2.20. The fourth-order valence-electron chi connectivity index (χ4n) is 3.05. The highest BCUT2D eigenvalue weighted by molar-refractivity contribution is 5.85. The number of fused-ring (bicyclic) bond motifs is 2. The quantitative estimate of drug-likeness (QED) is 0.530. The maximum Gasteiger partial charge on any atom is 0.270 e. The normalized spacial score (nSPS) is 14.8. The maximum atomic E-state index is 13.4. The van der Waals surface area contributed by atoms with Crippen LogP contribution in [0.1, 0.15) is 17.8 Å². The van der Waals surface area contributed by atoms with Gasteiger partial charge in [0.2, 0.25) is 0 Å². The third kappa shape index (κ3) is 2.59. The van der Waals surface area contributed by atoms with Crippen LogP contribution >= 0.6 is 0 Å². The lowest BCUT2D eigenvalue weighted by atomic mass is 10.1. The van der Waals surface area contributed by atoms with Crippen LogP contribution in [-0.4, -0.2) is 14.5 Å². The molecule has 0 bridgehead atoms. The molecule has 6 nitrogen and oxygen atoms in total. The summed E-state index contributed by atoms with van der Waals surface area (Å²) in [6.07, 6.45) is 2.41. The van der Waals surface area contributed by atoms with Crippen molar-refractivity contribution >= 4 is 28.2 Å². The van der Waals surface area contributed by atoms with Gasteiger partial charge < -0.3 is 0 Å². The van der Waals surface area contributed by atoms with Crippen molar-refractivity contribution in [3.63, 3.8) is 0 Å². The number of allylic oxidation sites excluding steroid dienone is 1. The Balaban J connectivity index is 1.88. The molecule has 1 aliphatic rings. The number of aromatic nitrogens is 2. The number of benzene rings is 2. The maximum absolute atomic E-state index is 13.4. The van der Waals surface area contributed by atoms with E-state index in [0.717, 1.165) is 5.57 Å². The Kier molecular flexibility index (Phi) is 3.42. The molecular formula is C18H12FN3O3. The molecule has 0 unspecified atom stereocenters. The molecule has 1 aliphatic heterocycles. The van der Waals surface area contributed by atoms with Crippen LogP contribution in [0, 0.1) is 15.9 Å². The lowest BCUT2D eigenvalue weighted by molar-refractivity contribution is -0.384. The van der Waals surface area contributed by atoms with E-state index < -0.39 is 4.92 Å². The molecule has 0 N–H and O–H groups in total. The molecule has 124 valence electrons.